The zero-order chi connectivity index (χ0) is 13.4. The maximum atomic E-state index is 12.9. The third-order valence-electron chi connectivity index (χ3n) is 1.82. The summed E-state index contributed by atoms with van der Waals surface area (Å²) in [4.78, 5) is 10.9. The summed E-state index contributed by atoms with van der Waals surface area (Å²) in [7, 11) is 0. The molecule has 0 heterocycles. The molecule has 94 valence electrons. The largest absolute Gasteiger partial charge is 0.461 e. The Hall–Kier alpha value is -1.05. The summed E-state index contributed by atoms with van der Waals surface area (Å²) in [6.45, 7) is 0. The first-order valence-electron chi connectivity index (χ1n) is 4.02. The van der Waals surface area contributed by atoms with E-state index < -0.39 is 29.3 Å². The molecule has 0 N–H and O–H groups in total. The summed E-state index contributed by atoms with van der Waals surface area (Å²) < 4.78 is 73.6. The van der Waals surface area contributed by atoms with Gasteiger partial charge in [-0.1, -0.05) is 0 Å². The van der Waals surface area contributed by atoms with Gasteiger partial charge < -0.3 is 0 Å². The molecule has 1 nitrogen and oxygen atoms in total. The van der Waals surface area contributed by atoms with Gasteiger partial charge in [0, 0.05) is 5.56 Å². The van der Waals surface area contributed by atoms with Crippen molar-refractivity contribution in [1.82, 2.24) is 0 Å². The zero-order valence-electron chi connectivity index (χ0n) is 7.79. The van der Waals surface area contributed by atoms with Crippen molar-refractivity contribution in [2.75, 3.05) is 0 Å². The molecule has 0 aliphatic rings. The Morgan fingerprint density at radius 2 is 1.65 bits per heavy atom. The first-order chi connectivity index (χ1) is 7.57. The van der Waals surface area contributed by atoms with E-state index in [1.807, 2.05) is 0 Å². The standard InChI is InChI=1S/C9H3BrF6O/c10-5-2-1-4(3-6(5)11)7(17)8(12,13)9(14,15)16/h1-3H. The van der Waals surface area contributed by atoms with E-state index in [1.165, 1.54) is 0 Å². The third-order valence-corrected chi connectivity index (χ3v) is 2.47. The van der Waals surface area contributed by atoms with Gasteiger partial charge in [0.2, 0.25) is 5.78 Å². The smallest absolute Gasteiger partial charge is 0.287 e. The lowest BCUT2D eigenvalue weighted by Crippen LogP contribution is -2.44. The fraction of sp³-hybridized carbons (Fsp3) is 0.222. The van der Waals surface area contributed by atoms with Crippen molar-refractivity contribution in [1.29, 1.82) is 0 Å². The van der Waals surface area contributed by atoms with Crippen LogP contribution >= 0.6 is 15.9 Å². The lowest BCUT2D eigenvalue weighted by atomic mass is 10.1. The van der Waals surface area contributed by atoms with Crippen molar-refractivity contribution in [3.63, 3.8) is 0 Å². The van der Waals surface area contributed by atoms with Gasteiger partial charge in [0.05, 0.1) is 4.47 Å². The average molecular weight is 321 g/mol. The van der Waals surface area contributed by atoms with Crippen molar-refractivity contribution in [3.8, 4) is 0 Å². The quantitative estimate of drug-likeness (QED) is 0.595. The van der Waals surface area contributed by atoms with Gasteiger partial charge in [-0.2, -0.15) is 22.0 Å². The normalized spacial score (nSPS) is 12.6. The van der Waals surface area contributed by atoms with Crippen molar-refractivity contribution >= 4 is 21.7 Å². The van der Waals surface area contributed by atoms with Crippen molar-refractivity contribution in [2.24, 2.45) is 0 Å². The Labute approximate surface area is 99.5 Å². The minimum Gasteiger partial charge on any atom is -0.287 e. The molecule has 0 bridgehead atoms. The van der Waals surface area contributed by atoms with Crippen LogP contribution in [0.5, 0.6) is 0 Å². The van der Waals surface area contributed by atoms with E-state index >= 15 is 0 Å². The number of hydrogen-bond donors (Lipinski definition) is 0. The number of Topliss-reactive ketones (excluding diaryl/α,β-unsaturated/α-hetero) is 1. The number of benzene rings is 1. The second-order valence-corrected chi connectivity index (χ2v) is 3.88. The molecule has 1 aromatic carbocycles. The van der Waals surface area contributed by atoms with Crippen LogP contribution in [0.15, 0.2) is 22.7 Å². The second kappa shape index (κ2) is 4.32. The lowest BCUT2D eigenvalue weighted by Gasteiger charge is -2.18. The monoisotopic (exact) mass is 320 g/mol. The number of rotatable bonds is 2. The molecule has 0 amide bonds. The topological polar surface area (TPSA) is 17.1 Å². The molecule has 1 rings (SSSR count). The van der Waals surface area contributed by atoms with Crippen LogP contribution in [-0.4, -0.2) is 17.9 Å². The van der Waals surface area contributed by atoms with E-state index in [0.717, 1.165) is 6.07 Å². The Balaban J connectivity index is 3.17. The number of hydrogen-bond acceptors (Lipinski definition) is 1. The first kappa shape index (κ1) is 14.0. The minimum absolute atomic E-state index is 0.149. The zero-order valence-corrected chi connectivity index (χ0v) is 9.37. The molecular weight excluding hydrogens is 318 g/mol. The molecule has 0 aromatic heterocycles. The summed E-state index contributed by atoms with van der Waals surface area (Å²) in [5.74, 6) is -9.13. The Morgan fingerprint density at radius 3 is 2.06 bits per heavy atom. The second-order valence-electron chi connectivity index (χ2n) is 3.03. The van der Waals surface area contributed by atoms with E-state index in [4.69, 9.17) is 0 Å². The van der Waals surface area contributed by atoms with Crippen LogP contribution < -0.4 is 0 Å². The lowest BCUT2D eigenvalue weighted by molar-refractivity contribution is -0.255. The summed E-state index contributed by atoms with van der Waals surface area (Å²) in [5, 5.41) is 0. The molecule has 0 radical (unpaired) electrons. The van der Waals surface area contributed by atoms with Gasteiger partial charge in [0.1, 0.15) is 5.82 Å². The van der Waals surface area contributed by atoms with E-state index in [-0.39, 0.29) is 4.47 Å². The predicted octanol–water partition coefficient (Wildman–Crippen LogP) is 3.97. The fourth-order valence-corrected chi connectivity index (χ4v) is 1.19. The highest BCUT2D eigenvalue weighted by atomic mass is 79.9. The Kier molecular flexibility index (Phi) is 3.56. The van der Waals surface area contributed by atoms with E-state index in [0.29, 0.717) is 12.1 Å². The van der Waals surface area contributed by atoms with Gasteiger partial charge in [-0.15, -0.1) is 0 Å². The Bertz CT molecular complexity index is 453. The number of carbonyl (C=O) groups excluding carboxylic acids is 1. The van der Waals surface area contributed by atoms with Crippen molar-refractivity contribution in [3.05, 3.63) is 34.1 Å². The minimum atomic E-state index is -6.01. The maximum Gasteiger partial charge on any atom is 0.461 e. The Morgan fingerprint density at radius 1 is 1.12 bits per heavy atom. The molecule has 1 aromatic rings. The van der Waals surface area contributed by atoms with E-state index in [1.54, 1.807) is 0 Å². The van der Waals surface area contributed by atoms with Gasteiger partial charge in [-0.3, -0.25) is 4.79 Å². The number of alkyl halides is 5. The first-order valence-corrected chi connectivity index (χ1v) is 4.81. The van der Waals surface area contributed by atoms with Gasteiger partial charge in [0.15, 0.2) is 0 Å². The highest BCUT2D eigenvalue weighted by molar-refractivity contribution is 9.10. The third kappa shape index (κ3) is 2.62. The van der Waals surface area contributed by atoms with Crippen molar-refractivity contribution in [2.45, 2.75) is 12.1 Å². The molecule has 0 aliphatic heterocycles. The summed E-state index contributed by atoms with van der Waals surface area (Å²) >= 11 is 2.67. The molecule has 0 saturated carbocycles. The molecule has 8 heteroatoms. The molecule has 0 spiro atoms. The van der Waals surface area contributed by atoms with Crippen LogP contribution in [0.2, 0.25) is 0 Å². The molecule has 0 unspecified atom stereocenters. The van der Waals surface area contributed by atoms with Crippen LogP contribution in [0.1, 0.15) is 10.4 Å². The molecule has 0 fully saturated rings. The maximum absolute atomic E-state index is 12.9. The van der Waals surface area contributed by atoms with Crippen LogP contribution in [0.3, 0.4) is 0 Å². The number of ketones is 1. The molecule has 0 saturated heterocycles. The van der Waals surface area contributed by atoms with Crippen LogP contribution in [0, 0.1) is 5.82 Å². The van der Waals surface area contributed by atoms with Gasteiger partial charge in [-0.05, 0) is 34.1 Å². The van der Waals surface area contributed by atoms with E-state index in [2.05, 4.69) is 15.9 Å². The van der Waals surface area contributed by atoms with Crippen LogP contribution in [-0.2, 0) is 0 Å². The van der Waals surface area contributed by atoms with Crippen LogP contribution in [0.4, 0.5) is 26.3 Å². The van der Waals surface area contributed by atoms with Crippen LogP contribution in [0.25, 0.3) is 0 Å². The number of carbonyl (C=O) groups is 1. The highest BCUT2D eigenvalue weighted by Crippen LogP contribution is 2.38. The summed E-state index contributed by atoms with van der Waals surface area (Å²) in [6.07, 6.45) is -6.01. The van der Waals surface area contributed by atoms with Gasteiger partial charge in [-0.25, -0.2) is 4.39 Å². The molecule has 0 atom stereocenters. The van der Waals surface area contributed by atoms with Crippen molar-refractivity contribution < 1.29 is 31.1 Å². The average Bonchev–Trinajstić information content (AvgIpc) is 2.19. The molecule has 17 heavy (non-hydrogen) atoms. The SMILES string of the molecule is O=C(c1ccc(Br)c(F)c1)C(F)(F)C(F)(F)F. The van der Waals surface area contributed by atoms with Gasteiger partial charge >= 0.3 is 12.1 Å². The van der Waals surface area contributed by atoms with Gasteiger partial charge in [0.25, 0.3) is 0 Å². The summed E-state index contributed by atoms with van der Waals surface area (Å²) in [5.41, 5.74) is -1.05. The predicted molar refractivity (Wildman–Crippen MR) is 49.4 cm³/mol. The fourth-order valence-electron chi connectivity index (χ4n) is 0.947. The van der Waals surface area contributed by atoms with E-state index in [9.17, 15) is 31.1 Å². The number of halogens is 7. The molecular formula is C9H3BrF6O. The highest BCUT2D eigenvalue weighted by Gasteiger charge is 2.63. The molecule has 0 aliphatic carbocycles. The summed E-state index contributed by atoms with van der Waals surface area (Å²) in [6, 6.07) is 1.86.